The molecule has 0 bridgehead atoms. The van der Waals surface area contributed by atoms with E-state index in [9.17, 15) is 22.8 Å². The van der Waals surface area contributed by atoms with E-state index in [1.165, 1.54) is 18.2 Å². The molecule has 0 spiro atoms. The van der Waals surface area contributed by atoms with Crippen molar-refractivity contribution in [3.05, 3.63) is 46.5 Å². The third-order valence-electron chi connectivity index (χ3n) is 5.56. The van der Waals surface area contributed by atoms with E-state index in [2.05, 4.69) is 25.5 Å². The predicted octanol–water partition coefficient (Wildman–Crippen LogP) is 2.70. The monoisotopic (exact) mass is 434 g/mol. The second kappa shape index (κ2) is 7.71. The van der Waals surface area contributed by atoms with Gasteiger partial charge in [0.2, 0.25) is 11.7 Å². The van der Waals surface area contributed by atoms with Crippen molar-refractivity contribution in [2.24, 2.45) is 5.92 Å². The van der Waals surface area contributed by atoms with Crippen LogP contribution < -0.4 is 5.32 Å². The SMILES string of the molecule is Cc1n[nH]c(C)c1CNC(=O)C1CCN(C(=O)c2ccc3nc(C(F)(F)F)[nH]c3c2)C1. The number of alkyl halides is 3. The number of halogens is 3. The lowest BCUT2D eigenvalue weighted by Crippen LogP contribution is -2.34. The molecule has 1 fully saturated rings. The number of aryl methyl sites for hydroxylation is 2. The van der Waals surface area contributed by atoms with Gasteiger partial charge in [0, 0.05) is 36.5 Å². The van der Waals surface area contributed by atoms with Gasteiger partial charge in [0.25, 0.3) is 5.91 Å². The largest absolute Gasteiger partial charge is 0.449 e. The minimum absolute atomic E-state index is 0.132. The topological polar surface area (TPSA) is 107 Å². The van der Waals surface area contributed by atoms with Crippen LogP contribution in [0.5, 0.6) is 0 Å². The maximum Gasteiger partial charge on any atom is 0.449 e. The van der Waals surface area contributed by atoms with Gasteiger partial charge in [-0.15, -0.1) is 0 Å². The molecule has 3 aromatic rings. The van der Waals surface area contributed by atoms with Gasteiger partial charge in [0.05, 0.1) is 22.6 Å². The van der Waals surface area contributed by atoms with E-state index >= 15 is 0 Å². The number of carbonyl (C=O) groups excluding carboxylic acids is 2. The second-order valence-electron chi connectivity index (χ2n) is 7.68. The van der Waals surface area contributed by atoms with Crippen LogP contribution in [0.4, 0.5) is 13.2 Å². The standard InChI is InChI=1S/C20H21F3N6O2/c1-10-14(11(2)28-27-10)8-24-17(30)13-5-6-29(9-13)18(31)12-3-4-15-16(7-12)26-19(25-15)20(21,22)23/h3-4,7,13H,5-6,8-9H2,1-2H3,(H,24,30)(H,25,26)(H,27,28). The lowest BCUT2D eigenvalue weighted by atomic mass is 10.1. The van der Waals surface area contributed by atoms with Crippen LogP contribution in [-0.2, 0) is 17.5 Å². The Balaban J connectivity index is 1.40. The molecule has 1 aromatic carbocycles. The van der Waals surface area contributed by atoms with Crippen molar-refractivity contribution in [2.45, 2.75) is 33.0 Å². The molecule has 0 saturated carbocycles. The molecule has 0 radical (unpaired) electrons. The molecule has 31 heavy (non-hydrogen) atoms. The summed E-state index contributed by atoms with van der Waals surface area (Å²) in [4.78, 5) is 32.6. The number of likely N-dealkylation sites (tertiary alicyclic amines) is 1. The number of nitrogens with one attached hydrogen (secondary N) is 3. The first-order valence-corrected chi connectivity index (χ1v) is 9.78. The second-order valence-corrected chi connectivity index (χ2v) is 7.68. The molecule has 2 aromatic heterocycles. The highest BCUT2D eigenvalue weighted by Crippen LogP contribution is 2.29. The quantitative estimate of drug-likeness (QED) is 0.587. The number of H-pyrrole nitrogens is 2. The molecule has 8 nitrogen and oxygen atoms in total. The van der Waals surface area contributed by atoms with Crippen molar-refractivity contribution in [2.75, 3.05) is 13.1 Å². The van der Waals surface area contributed by atoms with Crippen LogP contribution in [0, 0.1) is 19.8 Å². The van der Waals surface area contributed by atoms with Crippen LogP contribution in [0.2, 0.25) is 0 Å². The summed E-state index contributed by atoms with van der Waals surface area (Å²) in [6.07, 6.45) is -4.07. The highest BCUT2D eigenvalue weighted by Gasteiger charge is 2.35. The van der Waals surface area contributed by atoms with E-state index in [0.717, 1.165) is 17.0 Å². The zero-order valence-corrected chi connectivity index (χ0v) is 16.9. The molecule has 3 N–H and O–H groups in total. The Hall–Kier alpha value is -3.37. The van der Waals surface area contributed by atoms with Gasteiger partial charge in [-0.05, 0) is 38.5 Å². The van der Waals surface area contributed by atoms with Gasteiger partial charge in [-0.3, -0.25) is 14.7 Å². The minimum Gasteiger partial charge on any atom is -0.352 e. The summed E-state index contributed by atoms with van der Waals surface area (Å²) in [6, 6.07) is 4.19. The first kappa shape index (κ1) is 20.9. The number of imidazole rings is 1. The van der Waals surface area contributed by atoms with Crippen LogP contribution in [0.3, 0.4) is 0 Å². The van der Waals surface area contributed by atoms with Crippen molar-refractivity contribution in [3.8, 4) is 0 Å². The van der Waals surface area contributed by atoms with Crippen molar-refractivity contribution in [1.29, 1.82) is 0 Å². The summed E-state index contributed by atoms with van der Waals surface area (Å²) in [5, 5.41) is 9.86. The van der Waals surface area contributed by atoms with E-state index in [1.54, 1.807) is 4.90 Å². The van der Waals surface area contributed by atoms with Crippen molar-refractivity contribution in [3.63, 3.8) is 0 Å². The van der Waals surface area contributed by atoms with Crippen LogP contribution in [-0.4, -0.2) is 50.0 Å². The van der Waals surface area contributed by atoms with Crippen molar-refractivity contribution >= 4 is 22.8 Å². The molecule has 1 aliphatic heterocycles. The average Bonchev–Trinajstić information content (AvgIpc) is 3.44. The number of fused-ring (bicyclic) bond motifs is 1. The van der Waals surface area contributed by atoms with Crippen LogP contribution in [0.25, 0.3) is 11.0 Å². The Kier molecular flexibility index (Phi) is 5.19. The molecule has 0 aliphatic carbocycles. The minimum atomic E-state index is -4.59. The van der Waals surface area contributed by atoms with Gasteiger partial charge in [-0.25, -0.2) is 4.98 Å². The highest BCUT2D eigenvalue weighted by molar-refractivity contribution is 5.98. The third kappa shape index (κ3) is 4.12. The van der Waals surface area contributed by atoms with E-state index in [-0.39, 0.29) is 40.9 Å². The molecule has 4 rings (SSSR count). The number of hydrogen-bond donors (Lipinski definition) is 3. The molecule has 3 heterocycles. The zero-order valence-electron chi connectivity index (χ0n) is 16.9. The van der Waals surface area contributed by atoms with E-state index in [4.69, 9.17) is 0 Å². The fourth-order valence-corrected chi connectivity index (χ4v) is 3.77. The first-order valence-electron chi connectivity index (χ1n) is 9.78. The Morgan fingerprint density at radius 3 is 2.74 bits per heavy atom. The van der Waals surface area contributed by atoms with Crippen LogP contribution in [0.15, 0.2) is 18.2 Å². The summed E-state index contributed by atoms with van der Waals surface area (Å²) in [6.45, 7) is 4.74. The van der Waals surface area contributed by atoms with Gasteiger partial charge < -0.3 is 15.2 Å². The normalized spacial score (nSPS) is 16.8. The molecular weight excluding hydrogens is 413 g/mol. The molecular formula is C20H21F3N6O2. The number of benzene rings is 1. The summed E-state index contributed by atoms with van der Waals surface area (Å²) < 4.78 is 38.5. The maximum atomic E-state index is 12.8. The lowest BCUT2D eigenvalue weighted by Gasteiger charge is -2.16. The number of hydrogen-bond acceptors (Lipinski definition) is 4. The van der Waals surface area contributed by atoms with Gasteiger partial charge in [-0.1, -0.05) is 0 Å². The summed E-state index contributed by atoms with van der Waals surface area (Å²) in [5.41, 5.74) is 3.17. The van der Waals surface area contributed by atoms with Gasteiger partial charge in [0.15, 0.2) is 0 Å². The summed E-state index contributed by atoms with van der Waals surface area (Å²) in [7, 11) is 0. The Morgan fingerprint density at radius 2 is 2.06 bits per heavy atom. The molecule has 11 heteroatoms. The fraction of sp³-hybridized carbons (Fsp3) is 0.400. The number of amides is 2. The molecule has 1 aliphatic rings. The number of aromatic amines is 2. The van der Waals surface area contributed by atoms with Crippen molar-refractivity contribution in [1.82, 2.24) is 30.4 Å². The van der Waals surface area contributed by atoms with Gasteiger partial charge in [-0.2, -0.15) is 18.3 Å². The highest BCUT2D eigenvalue weighted by atomic mass is 19.4. The van der Waals surface area contributed by atoms with Crippen LogP contribution in [0.1, 0.15) is 39.6 Å². The van der Waals surface area contributed by atoms with E-state index in [1.807, 2.05) is 13.8 Å². The molecule has 1 unspecified atom stereocenters. The fourth-order valence-electron chi connectivity index (χ4n) is 3.77. The van der Waals surface area contributed by atoms with Crippen LogP contribution >= 0.6 is 0 Å². The van der Waals surface area contributed by atoms with E-state index < -0.39 is 12.0 Å². The lowest BCUT2D eigenvalue weighted by molar-refractivity contribution is -0.144. The Labute approximate surface area is 175 Å². The molecule has 164 valence electrons. The first-order chi connectivity index (χ1) is 14.6. The third-order valence-corrected chi connectivity index (χ3v) is 5.56. The summed E-state index contributed by atoms with van der Waals surface area (Å²) in [5.74, 6) is -1.92. The molecule has 2 amide bonds. The Bertz CT molecular complexity index is 1130. The number of carbonyl (C=O) groups is 2. The van der Waals surface area contributed by atoms with Gasteiger partial charge in [0.1, 0.15) is 0 Å². The predicted molar refractivity (Wildman–Crippen MR) is 105 cm³/mol. The van der Waals surface area contributed by atoms with Crippen molar-refractivity contribution < 1.29 is 22.8 Å². The number of nitrogens with zero attached hydrogens (tertiary/aromatic N) is 3. The number of aromatic nitrogens is 4. The number of rotatable bonds is 4. The summed E-state index contributed by atoms with van der Waals surface area (Å²) >= 11 is 0. The zero-order chi connectivity index (χ0) is 22.3. The average molecular weight is 434 g/mol. The smallest absolute Gasteiger partial charge is 0.352 e. The molecule has 1 atom stereocenters. The van der Waals surface area contributed by atoms with E-state index in [0.29, 0.717) is 19.5 Å². The van der Waals surface area contributed by atoms with Gasteiger partial charge >= 0.3 is 6.18 Å². The maximum absolute atomic E-state index is 12.8. The Morgan fingerprint density at radius 1 is 1.29 bits per heavy atom. The molecule has 1 saturated heterocycles.